The molecule has 0 aromatic carbocycles. The highest BCUT2D eigenvalue weighted by atomic mass is 16.3. The van der Waals surface area contributed by atoms with Crippen LogP contribution in [0.5, 0.6) is 0 Å². The fourth-order valence-electron chi connectivity index (χ4n) is 3.64. The Morgan fingerprint density at radius 2 is 2.12 bits per heavy atom. The van der Waals surface area contributed by atoms with Crippen molar-refractivity contribution in [3.8, 4) is 6.07 Å². The van der Waals surface area contributed by atoms with Gasteiger partial charge in [0, 0.05) is 24.0 Å². The first-order valence-electron chi connectivity index (χ1n) is 9.20. The number of nitriles is 1. The number of aryl methyl sites for hydroxylation is 1. The minimum Gasteiger partial charge on any atom is -0.393 e. The maximum absolute atomic E-state index is 12.2. The van der Waals surface area contributed by atoms with Crippen molar-refractivity contribution in [3.05, 3.63) is 28.6 Å². The second kappa shape index (κ2) is 8.87. The predicted octanol–water partition coefficient (Wildman–Crippen LogP) is 3.40. The Morgan fingerprint density at radius 3 is 2.72 bits per heavy atom. The molecule has 2 rings (SSSR count). The SMILES string of the molecule is Cc1cc(C=C(C#N)C(=O)NCCC(C)O)c(C)n1C1CCCCC1. The molecule has 1 atom stereocenters. The first-order valence-corrected chi connectivity index (χ1v) is 9.20. The number of rotatable bonds is 6. The zero-order chi connectivity index (χ0) is 18.4. The number of hydrogen-bond donors (Lipinski definition) is 2. The molecular formula is C20H29N3O2. The number of hydrogen-bond acceptors (Lipinski definition) is 3. The molecule has 0 bridgehead atoms. The summed E-state index contributed by atoms with van der Waals surface area (Å²) in [7, 11) is 0. The van der Waals surface area contributed by atoms with Crippen molar-refractivity contribution in [3.63, 3.8) is 0 Å². The number of aliphatic hydroxyl groups is 1. The number of amides is 1. The summed E-state index contributed by atoms with van der Waals surface area (Å²) in [6.07, 6.45) is 7.93. The maximum Gasteiger partial charge on any atom is 0.261 e. The van der Waals surface area contributed by atoms with Gasteiger partial charge in [0.2, 0.25) is 0 Å². The van der Waals surface area contributed by atoms with Gasteiger partial charge in [0.1, 0.15) is 11.6 Å². The Balaban J connectivity index is 2.17. The van der Waals surface area contributed by atoms with Crippen LogP contribution in [0.1, 0.15) is 68.4 Å². The zero-order valence-electron chi connectivity index (χ0n) is 15.5. The van der Waals surface area contributed by atoms with Crippen LogP contribution in [0.15, 0.2) is 11.6 Å². The van der Waals surface area contributed by atoms with Crippen LogP contribution in [-0.4, -0.2) is 28.2 Å². The van der Waals surface area contributed by atoms with Gasteiger partial charge in [-0.3, -0.25) is 4.79 Å². The molecule has 0 saturated heterocycles. The van der Waals surface area contributed by atoms with E-state index in [4.69, 9.17) is 0 Å². The van der Waals surface area contributed by atoms with Crippen molar-refractivity contribution in [2.45, 2.75) is 71.4 Å². The molecule has 0 radical (unpaired) electrons. The number of carbonyl (C=O) groups is 1. The van der Waals surface area contributed by atoms with E-state index in [0.29, 0.717) is 19.0 Å². The minimum absolute atomic E-state index is 0.106. The monoisotopic (exact) mass is 343 g/mol. The normalized spacial score (nSPS) is 17.2. The molecule has 1 unspecified atom stereocenters. The molecule has 1 aliphatic rings. The standard InChI is InChI=1S/C20H29N3O2/c1-14-11-17(16(3)23(14)19-7-5-4-6-8-19)12-18(13-21)20(25)22-10-9-15(2)24/h11-12,15,19,24H,4-10H2,1-3H3,(H,22,25). The van der Waals surface area contributed by atoms with Crippen LogP contribution in [0.25, 0.3) is 6.08 Å². The summed E-state index contributed by atoms with van der Waals surface area (Å²) in [4.78, 5) is 12.2. The molecule has 0 spiro atoms. The molecule has 1 saturated carbocycles. The fourth-order valence-corrected chi connectivity index (χ4v) is 3.64. The van der Waals surface area contributed by atoms with Gasteiger partial charge in [-0.2, -0.15) is 5.26 Å². The number of aromatic nitrogens is 1. The van der Waals surface area contributed by atoms with Crippen molar-refractivity contribution in [2.75, 3.05) is 6.54 Å². The third-order valence-electron chi connectivity index (χ3n) is 4.98. The Labute approximate surface area is 150 Å². The summed E-state index contributed by atoms with van der Waals surface area (Å²) in [5.74, 6) is -0.384. The van der Waals surface area contributed by atoms with E-state index in [-0.39, 0.29) is 11.5 Å². The topological polar surface area (TPSA) is 78.1 Å². The van der Waals surface area contributed by atoms with Gasteiger partial charge in [-0.25, -0.2) is 0 Å². The highest BCUT2D eigenvalue weighted by Gasteiger charge is 2.20. The third-order valence-corrected chi connectivity index (χ3v) is 4.98. The van der Waals surface area contributed by atoms with E-state index in [9.17, 15) is 15.2 Å². The fraction of sp³-hybridized carbons (Fsp3) is 0.600. The second-order valence-corrected chi connectivity index (χ2v) is 7.05. The van der Waals surface area contributed by atoms with E-state index in [1.165, 1.54) is 37.8 Å². The highest BCUT2D eigenvalue weighted by Crippen LogP contribution is 2.32. The van der Waals surface area contributed by atoms with Crippen LogP contribution in [0, 0.1) is 25.2 Å². The maximum atomic E-state index is 12.2. The Hall–Kier alpha value is -2.06. The first kappa shape index (κ1) is 19.3. The summed E-state index contributed by atoms with van der Waals surface area (Å²) in [5.41, 5.74) is 3.34. The Morgan fingerprint density at radius 1 is 1.44 bits per heavy atom. The lowest BCUT2D eigenvalue weighted by Gasteiger charge is -2.26. The molecule has 1 aromatic heterocycles. The molecule has 1 aliphatic carbocycles. The molecular weight excluding hydrogens is 314 g/mol. The number of aliphatic hydroxyl groups excluding tert-OH is 1. The van der Waals surface area contributed by atoms with Crippen LogP contribution in [-0.2, 0) is 4.79 Å². The molecule has 136 valence electrons. The van der Waals surface area contributed by atoms with Crippen LogP contribution < -0.4 is 5.32 Å². The average molecular weight is 343 g/mol. The van der Waals surface area contributed by atoms with E-state index in [2.05, 4.69) is 29.8 Å². The zero-order valence-corrected chi connectivity index (χ0v) is 15.5. The number of nitrogens with one attached hydrogen (secondary N) is 1. The highest BCUT2D eigenvalue weighted by molar-refractivity contribution is 6.01. The summed E-state index contributed by atoms with van der Waals surface area (Å²) in [6, 6.07) is 4.59. The van der Waals surface area contributed by atoms with E-state index >= 15 is 0 Å². The molecule has 5 nitrogen and oxygen atoms in total. The van der Waals surface area contributed by atoms with Crippen molar-refractivity contribution in [1.82, 2.24) is 9.88 Å². The van der Waals surface area contributed by atoms with Gasteiger partial charge in [0.25, 0.3) is 5.91 Å². The van der Waals surface area contributed by atoms with Gasteiger partial charge >= 0.3 is 0 Å². The lowest BCUT2D eigenvalue weighted by Crippen LogP contribution is -2.27. The quantitative estimate of drug-likeness (QED) is 0.614. The second-order valence-electron chi connectivity index (χ2n) is 7.05. The molecule has 5 heteroatoms. The molecule has 1 aromatic rings. The Bertz CT molecular complexity index is 674. The van der Waals surface area contributed by atoms with Crippen LogP contribution in [0.4, 0.5) is 0 Å². The smallest absolute Gasteiger partial charge is 0.261 e. The predicted molar refractivity (Wildman–Crippen MR) is 98.9 cm³/mol. The summed E-state index contributed by atoms with van der Waals surface area (Å²) in [6.45, 7) is 6.19. The number of nitrogens with zero attached hydrogens (tertiary/aromatic N) is 2. The molecule has 1 amide bonds. The lowest BCUT2D eigenvalue weighted by molar-refractivity contribution is -0.117. The van der Waals surface area contributed by atoms with E-state index < -0.39 is 6.10 Å². The van der Waals surface area contributed by atoms with Crippen molar-refractivity contribution in [2.24, 2.45) is 0 Å². The van der Waals surface area contributed by atoms with Crippen LogP contribution >= 0.6 is 0 Å². The van der Waals surface area contributed by atoms with Crippen molar-refractivity contribution < 1.29 is 9.90 Å². The molecule has 1 heterocycles. The molecule has 2 N–H and O–H groups in total. The summed E-state index contributed by atoms with van der Waals surface area (Å²) in [5, 5.41) is 21.3. The van der Waals surface area contributed by atoms with Gasteiger partial charge in [-0.05, 0) is 57.7 Å². The van der Waals surface area contributed by atoms with Gasteiger partial charge in [0.15, 0.2) is 0 Å². The van der Waals surface area contributed by atoms with Crippen LogP contribution in [0.3, 0.4) is 0 Å². The summed E-state index contributed by atoms with van der Waals surface area (Å²) < 4.78 is 2.37. The first-order chi connectivity index (χ1) is 11.9. The molecule has 25 heavy (non-hydrogen) atoms. The third kappa shape index (κ3) is 4.96. The Kier molecular flexibility index (Phi) is 6.83. The lowest BCUT2D eigenvalue weighted by atomic mass is 9.95. The van der Waals surface area contributed by atoms with Gasteiger partial charge in [-0.1, -0.05) is 19.3 Å². The van der Waals surface area contributed by atoms with Crippen LogP contribution in [0.2, 0.25) is 0 Å². The minimum atomic E-state index is -0.468. The number of carbonyl (C=O) groups excluding carboxylic acids is 1. The molecule has 1 fully saturated rings. The van der Waals surface area contributed by atoms with Gasteiger partial charge in [-0.15, -0.1) is 0 Å². The average Bonchev–Trinajstić information content (AvgIpc) is 2.86. The van der Waals surface area contributed by atoms with E-state index in [1.807, 2.05) is 6.07 Å². The van der Waals surface area contributed by atoms with E-state index in [1.54, 1.807) is 13.0 Å². The largest absolute Gasteiger partial charge is 0.393 e. The van der Waals surface area contributed by atoms with Gasteiger partial charge in [0.05, 0.1) is 6.10 Å². The van der Waals surface area contributed by atoms with Crippen molar-refractivity contribution in [1.29, 1.82) is 5.26 Å². The van der Waals surface area contributed by atoms with E-state index in [0.717, 1.165) is 11.3 Å². The summed E-state index contributed by atoms with van der Waals surface area (Å²) >= 11 is 0. The van der Waals surface area contributed by atoms with Crippen molar-refractivity contribution >= 4 is 12.0 Å². The molecule has 0 aliphatic heterocycles. The van der Waals surface area contributed by atoms with Gasteiger partial charge < -0.3 is 15.0 Å².